The lowest BCUT2D eigenvalue weighted by molar-refractivity contribution is -0.0308. The molecule has 0 aliphatic carbocycles. The van der Waals surface area contributed by atoms with Gasteiger partial charge in [0.25, 0.3) is 0 Å². The molecule has 6 heteroatoms. The van der Waals surface area contributed by atoms with Gasteiger partial charge in [-0.1, -0.05) is 134 Å². The molecule has 0 amide bonds. The quantitative estimate of drug-likeness (QED) is 0.0224. The van der Waals surface area contributed by atoms with Crippen molar-refractivity contribution in [3.8, 4) is 11.5 Å². The van der Waals surface area contributed by atoms with Crippen LogP contribution in [0.15, 0.2) is 59.2 Å². The Morgan fingerprint density at radius 2 is 1.36 bits per heavy atom. The zero-order valence-electron chi connectivity index (χ0n) is 39.9. The highest BCUT2D eigenvalue weighted by Crippen LogP contribution is 2.40. The number of alkyl halides is 1. The maximum Gasteiger partial charge on any atom is 0.334 e. The van der Waals surface area contributed by atoms with E-state index in [1.807, 2.05) is 0 Å². The van der Waals surface area contributed by atoms with Gasteiger partial charge in [-0.2, -0.15) is 0 Å². The summed E-state index contributed by atoms with van der Waals surface area (Å²) in [6.07, 6.45) is 42.9. The average molecular weight is 900 g/mol. The molecule has 0 spiro atoms. The highest BCUT2D eigenvalue weighted by Gasteiger charge is 2.33. The lowest BCUT2D eigenvalue weighted by Crippen LogP contribution is -2.41. The Hall–Kier alpha value is -1.60. The largest absolute Gasteiger partial charge is 0.487 e. The van der Waals surface area contributed by atoms with Crippen LogP contribution < -0.4 is 9.47 Å². The molecule has 4 nitrogen and oxygen atoms in total. The number of hydrogen-bond donors (Lipinski definition) is 0. The Morgan fingerprint density at radius 3 is 2.02 bits per heavy atom. The van der Waals surface area contributed by atoms with Crippen molar-refractivity contribution < 1.29 is 18.3 Å². The second-order valence-electron chi connectivity index (χ2n) is 18.7. The summed E-state index contributed by atoms with van der Waals surface area (Å²) in [7, 11) is -2.38. The molecule has 338 valence electrons. The van der Waals surface area contributed by atoms with Gasteiger partial charge in [-0.3, -0.25) is 0 Å². The Kier molecular flexibility index (Phi) is 29.1. The SMILES string of the molecule is CCCCCCCC/C=C\CCCCCCCC(Oc1cc(C)c2c(c1)CCC(C)(CC/C=C(\C)CC/C=C(\C)CCC=C(C)C)O2)O[Si](C)(C)OCCCCCCBr. The number of rotatable bonds is 35. The number of unbranched alkanes of at least 4 members (excludes halogenated alkanes) is 14. The minimum absolute atomic E-state index is 0.158. The van der Waals surface area contributed by atoms with Gasteiger partial charge in [0.2, 0.25) is 0 Å². The normalized spacial score (nSPS) is 16.6. The Bertz CT molecular complexity index is 1380. The predicted molar refractivity (Wildman–Crippen MR) is 264 cm³/mol. The molecule has 1 aliphatic rings. The van der Waals surface area contributed by atoms with Crippen molar-refractivity contribution in [1.29, 1.82) is 0 Å². The van der Waals surface area contributed by atoms with Crippen LogP contribution in [0.25, 0.3) is 0 Å². The Balaban J connectivity index is 1.91. The summed E-state index contributed by atoms with van der Waals surface area (Å²) in [5.41, 5.74) is 6.65. The molecule has 59 heavy (non-hydrogen) atoms. The maximum absolute atomic E-state index is 6.83. The highest BCUT2D eigenvalue weighted by molar-refractivity contribution is 9.09. The van der Waals surface area contributed by atoms with Crippen molar-refractivity contribution in [3.63, 3.8) is 0 Å². The minimum Gasteiger partial charge on any atom is -0.487 e. The number of benzene rings is 1. The molecular formula is C53H91BrO4Si. The fraction of sp³-hybridized carbons (Fsp3) is 0.736. The first-order valence-corrected chi connectivity index (χ1v) is 28.3. The van der Waals surface area contributed by atoms with Gasteiger partial charge in [0.15, 0.2) is 6.29 Å². The summed E-state index contributed by atoms with van der Waals surface area (Å²) in [5, 5.41) is 1.08. The molecular weight excluding hydrogens is 809 g/mol. The smallest absolute Gasteiger partial charge is 0.334 e. The van der Waals surface area contributed by atoms with Crippen LogP contribution >= 0.6 is 15.9 Å². The molecule has 2 unspecified atom stereocenters. The van der Waals surface area contributed by atoms with E-state index >= 15 is 0 Å². The number of aryl methyl sites for hydroxylation is 2. The molecule has 1 aromatic rings. The Labute approximate surface area is 375 Å². The van der Waals surface area contributed by atoms with Crippen LogP contribution in [-0.2, 0) is 15.3 Å². The molecule has 0 aromatic heterocycles. The first kappa shape index (κ1) is 53.5. The van der Waals surface area contributed by atoms with Gasteiger partial charge in [-0.15, -0.1) is 0 Å². The first-order chi connectivity index (χ1) is 28.4. The van der Waals surface area contributed by atoms with E-state index in [0.29, 0.717) is 0 Å². The zero-order chi connectivity index (χ0) is 43.2. The van der Waals surface area contributed by atoms with E-state index in [2.05, 4.69) is 120 Å². The highest BCUT2D eigenvalue weighted by atomic mass is 79.9. The van der Waals surface area contributed by atoms with Crippen LogP contribution in [0, 0.1) is 6.92 Å². The molecule has 1 aromatic carbocycles. The van der Waals surface area contributed by atoms with Crippen LogP contribution in [0.4, 0.5) is 0 Å². The van der Waals surface area contributed by atoms with Crippen LogP contribution in [0.3, 0.4) is 0 Å². The van der Waals surface area contributed by atoms with E-state index in [1.54, 1.807) is 0 Å². The van der Waals surface area contributed by atoms with Crippen LogP contribution in [0.2, 0.25) is 13.1 Å². The van der Waals surface area contributed by atoms with E-state index in [-0.39, 0.29) is 11.9 Å². The van der Waals surface area contributed by atoms with Gasteiger partial charge in [0, 0.05) is 18.4 Å². The maximum atomic E-state index is 6.83. The Morgan fingerprint density at radius 1 is 0.763 bits per heavy atom. The first-order valence-electron chi connectivity index (χ1n) is 24.3. The molecule has 0 bridgehead atoms. The van der Waals surface area contributed by atoms with Crippen molar-refractivity contribution in [3.05, 3.63) is 70.4 Å². The van der Waals surface area contributed by atoms with Crippen LogP contribution in [0.1, 0.15) is 213 Å². The van der Waals surface area contributed by atoms with Gasteiger partial charge in [-0.05, 0) is 174 Å². The predicted octanol–water partition coefficient (Wildman–Crippen LogP) is 17.7. The molecule has 0 saturated heterocycles. The number of allylic oxidation sites excluding steroid dienone is 8. The fourth-order valence-corrected chi connectivity index (χ4v) is 9.84. The summed E-state index contributed by atoms with van der Waals surface area (Å²) in [6, 6.07) is 4.39. The van der Waals surface area contributed by atoms with Gasteiger partial charge in [-0.25, -0.2) is 0 Å². The third-order valence-electron chi connectivity index (χ3n) is 11.7. The second-order valence-corrected chi connectivity index (χ2v) is 22.8. The van der Waals surface area contributed by atoms with Crippen LogP contribution in [0.5, 0.6) is 11.5 Å². The van der Waals surface area contributed by atoms with E-state index in [9.17, 15) is 0 Å². The van der Waals surface area contributed by atoms with E-state index in [0.717, 1.165) is 99.6 Å². The van der Waals surface area contributed by atoms with Crippen molar-refractivity contribution in [2.75, 3.05) is 11.9 Å². The third kappa shape index (κ3) is 26.5. The van der Waals surface area contributed by atoms with Crippen LogP contribution in [-0.4, -0.2) is 32.4 Å². The van der Waals surface area contributed by atoms with Gasteiger partial charge < -0.3 is 18.3 Å². The molecule has 1 heterocycles. The van der Waals surface area contributed by atoms with Crippen molar-refractivity contribution in [1.82, 2.24) is 0 Å². The average Bonchev–Trinajstić information content (AvgIpc) is 3.17. The third-order valence-corrected chi connectivity index (χ3v) is 14.0. The summed E-state index contributed by atoms with van der Waals surface area (Å²) in [6.45, 7) is 20.8. The molecule has 0 saturated carbocycles. The molecule has 2 rings (SSSR count). The second kappa shape index (κ2) is 32.1. The molecule has 2 atom stereocenters. The summed E-state index contributed by atoms with van der Waals surface area (Å²) < 4.78 is 26.8. The summed E-state index contributed by atoms with van der Waals surface area (Å²) in [4.78, 5) is 0. The molecule has 0 radical (unpaired) electrons. The number of ether oxygens (including phenoxy) is 2. The van der Waals surface area contributed by atoms with Crippen molar-refractivity contribution in [2.24, 2.45) is 0 Å². The van der Waals surface area contributed by atoms with E-state index in [4.69, 9.17) is 18.3 Å². The lowest BCUT2D eigenvalue weighted by Gasteiger charge is -2.37. The van der Waals surface area contributed by atoms with Gasteiger partial charge >= 0.3 is 8.56 Å². The summed E-state index contributed by atoms with van der Waals surface area (Å²) >= 11 is 3.55. The van der Waals surface area contributed by atoms with E-state index in [1.165, 1.54) is 119 Å². The number of fused-ring (bicyclic) bond motifs is 1. The molecule has 0 fully saturated rings. The fourth-order valence-electron chi connectivity index (χ4n) is 7.94. The van der Waals surface area contributed by atoms with Gasteiger partial charge in [0.1, 0.15) is 17.1 Å². The summed E-state index contributed by atoms with van der Waals surface area (Å²) in [5.74, 6) is 1.94. The zero-order valence-corrected chi connectivity index (χ0v) is 42.5. The monoisotopic (exact) mass is 899 g/mol. The van der Waals surface area contributed by atoms with Gasteiger partial charge in [0.05, 0.1) is 0 Å². The topological polar surface area (TPSA) is 36.9 Å². The van der Waals surface area contributed by atoms with Crippen molar-refractivity contribution in [2.45, 2.75) is 240 Å². The standard InChI is InChI=1S/C53H91BrO4Si/c1-10-11-12-13-14-15-16-17-18-19-20-21-22-23-26-37-51(58-59(8,9)55-42-28-25-24-27-41-54)56-50-43-48(6)52-49(44-50)38-40-53(7,57-52)39-31-36-47(5)35-30-34-46(4)33-29-32-45(2)3/h17-18,32,34,36,43-44,51H,10-16,19-31,33,35,37-42H2,1-9H3/b18-17-,46-34+,47-36+. The van der Waals surface area contributed by atoms with Crippen molar-refractivity contribution >= 4 is 24.5 Å². The number of halogens is 1. The number of hydrogen-bond acceptors (Lipinski definition) is 4. The minimum atomic E-state index is -2.38. The lowest BCUT2D eigenvalue weighted by atomic mass is 9.87. The molecule has 0 N–H and O–H groups in total. The molecule has 1 aliphatic heterocycles. The van der Waals surface area contributed by atoms with E-state index < -0.39 is 8.56 Å².